The van der Waals surface area contributed by atoms with Crippen molar-refractivity contribution < 1.29 is 0 Å². The van der Waals surface area contributed by atoms with Gasteiger partial charge in [0.2, 0.25) is 0 Å². The molecule has 0 heterocycles. The number of unbranched alkanes of at least 4 members (excludes halogenated alkanes) is 3. The quantitative estimate of drug-likeness (QED) is 0.241. The summed E-state index contributed by atoms with van der Waals surface area (Å²) < 4.78 is 0. The number of hydrogen-bond acceptors (Lipinski definition) is 4. The molecule has 0 aromatic carbocycles. The lowest BCUT2D eigenvalue weighted by molar-refractivity contribution is 0.420. The molecular weight excluding hydrogens is 164 g/mol. The Balaban J connectivity index is 3.20. The maximum atomic E-state index is 5.59. The van der Waals surface area contributed by atoms with Crippen LogP contribution in [-0.2, 0) is 0 Å². The monoisotopic (exact) mass is 186 g/mol. The van der Waals surface area contributed by atoms with E-state index in [1.165, 1.54) is 12.5 Å². The van der Waals surface area contributed by atoms with Crippen molar-refractivity contribution in [2.24, 2.45) is 17.2 Å². The third-order valence-corrected chi connectivity index (χ3v) is 1.90. The average Bonchev–Trinajstić information content (AvgIpc) is 2.11. The van der Waals surface area contributed by atoms with Crippen molar-refractivity contribution >= 4 is 0 Å². The number of hydrogen-bond donors (Lipinski definition) is 4. The Hall–Kier alpha value is -0.420. The Morgan fingerprint density at radius 3 is 2.31 bits per heavy atom. The van der Waals surface area contributed by atoms with E-state index in [0.29, 0.717) is 0 Å². The van der Waals surface area contributed by atoms with E-state index in [1.807, 2.05) is 0 Å². The summed E-state index contributed by atoms with van der Waals surface area (Å²) in [7, 11) is 0. The van der Waals surface area contributed by atoms with Crippen molar-refractivity contribution in [1.29, 1.82) is 0 Å². The van der Waals surface area contributed by atoms with Crippen LogP contribution in [0.25, 0.3) is 0 Å². The van der Waals surface area contributed by atoms with Crippen molar-refractivity contribution in [3.05, 3.63) is 12.7 Å². The van der Waals surface area contributed by atoms with Crippen molar-refractivity contribution in [3.8, 4) is 0 Å². The van der Waals surface area contributed by atoms with Gasteiger partial charge in [0.05, 0.1) is 0 Å². The molecule has 0 rings (SSSR count). The first-order chi connectivity index (χ1) is 6.12. The van der Waals surface area contributed by atoms with E-state index in [0.717, 1.165) is 32.4 Å². The summed E-state index contributed by atoms with van der Waals surface area (Å²) in [6.07, 6.45) is 6.01. The van der Waals surface area contributed by atoms with Gasteiger partial charge < -0.3 is 5.73 Å². The molecule has 4 nitrogen and oxygen atoms in total. The molecule has 0 amide bonds. The van der Waals surface area contributed by atoms with Crippen LogP contribution in [-0.4, -0.2) is 18.9 Å². The van der Waals surface area contributed by atoms with Crippen LogP contribution < -0.4 is 22.5 Å². The molecule has 13 heavy (non-hydrogen) atoms. The van der Waals surface area contributed by atoms with Gasteiger partial charge in [-0.3, -0.25) is 16.8 Å². The second-order valence-electron chi connectivity index (χ2n) is 3.27. The smallest absolute Gasteiger partial charge is 0.137 e. The second-order valence-corrected chi connectivity index (χ2v) is 3.27. The van der Waals surface area contributed by atoms with Crippen LogP contribution in [0.2, 0.25) is 0 Å². The van der Waals surface area contributed by atoms with Crippen LogP contribution in [0.15, 0.2) is 12.7 Å². The zero-order valence-electron chi connectivity index (χ0n) is 8.26. The Bertz CT molecular complexity index is 134. The molecule has 0 aliphatic heterocycles. The van der Waals surface area contributed by atoms with Gasteiger partial charge in [-0.1, -0.05) is 19.4 Å². The minimum atomic E-state index is -0.923. The van der Waals surface area contributed by atoms with Crippen molar-refractivity contribution in [1.82, 2.24) is 5.32 Å². The molecule has 4 heteroatoms. The maximum absolute atomic E-state index is 5.59. The molecule has 0 aliphatic rings. The lowest BCUT2D eigenvalue weighted by Crippen LogP contribution is -2.59. The number of nitrogens with two attached hydrogens (primary N) is 3. The largest absolute Gasteiger partial charge is 0.330 e. The Labute approximate surface area is 80.5 Å². The molecule has 0 saturated carbocycles. The zero-order valence-corrected chi connectivity index (χ0v) is 8.26. The molecule has 7 N–H and O–H groups in total. The van der Waals surface area contributed by atoms with E-state index in [-0.39, 0.29) is 0 Å². The van der Waals surface area contributed by atoms with Crippen LogP contribution >= 0.6 is 0 Å². The van der Waals surface area contributed by atoms with Crippen LogP contribution in [0.5, 0.6) is 0 Å². The molecule has 0 saturated heterocycles. The Morgan fingerprint density at radius 2 is 1.77 bits per heavy atom. The Kier molecular flexibility index (Phi) is 6.80. The van der Waals surface area contributed by atoms with Crippen LogP contribution in [0, 0.1) is 0 Å². The van der Waals surface area contributed by atoms with E-state index < -0.39 is 5.79 Å². The van der Waals surface area contributed by atoms with E-state index in [9.17, 15) is 0 Å². The molecule has 0 bridgehead atoms. The molecule has 0 atom stereocenters. The maximum Gasteiger partial charge on any atom is 0.137 e. The molecule has 0 aromatic heterocycles. The summed E-state index contributed by atoms with van der Waals surface area (Å²) in [5.74, 6) is -0.923. The molecule has 0 unspecified atom stereocenters. The predicted molar refractivity (Wildman–Crippen MR) is 56.8 cm³/mol. The zero-order chi connectivity index (χ0) is 10.2. The molecular formula is C9H22N4. The summed E-state index contributed by atoms with van der Waals surface area (Å²) in [6, 6.07) is 0. The number of rotatable bonds is 8. The fourth-order valence-electron chi connectivity index (χ4n) is 1.000. The highest BCUT2D eigenvalue weighted by atomic mass is 15.2. The molecule has 78 valence electrons. The first-order valence-electron chi connectivity index (χ1n) is 4.79. The summed E-state index contributed by atoms with van der Waals surface area (Å²) in [5.41, 5.74) is 16.5. The third-order valence-electron chi connectivity index (χ3n) is 1.90. The van der Waals surface area contributed by atoms with Crippen molar-refractivity contribution in [3.63, 3.8) is 0 Å². The van der Waals surface area contributed by atoms with Gasteiger partial charge in [0.25, 0.3) is 0 Å². The van der Waals surface area contributed by atoms with E-state index in [4.69, 9.17) is 17.2 Å². The topological polar surface area (TPSA) is 90.1 Å². The SMILES string of the molecule is C=CC(N)(N)NCCCCCCN. The summed E-state index contributed by atoms with van der Waals surface area (Å²) in [6.45, 7) is 5.13. The molecule has 0 aromatic rings. The van der Waals surface area contributed by atoms with Gasteiger partial charge in [-0.25, -0.2) is 0 Å². The first kappa shape index (κ1) is 12.6. The minimum Gasteiger partial charge on any atom is -0.330 e. The fraction of sp³-hybridized carbons (Fsp3) is 0.778. The van der Waals surface area contributed by atoms with Gasteiger partial charge in [-0.05, 0) is 32.0 Å². The Morgan fingerprint density at radius 1 is 1.15 bits per heavy atom. The minimum absolute atomic E-state index is 0.776. The highest BCUT2D eigenvalue weighted by Crippen LogP contribution is 1.97. The van der Waals surface area contributed by atoms with Gasteiger partial charge >= 0.3 is 0 Å². The standard InChI is InChI=1S/C9H22N4/c1-2-9(11,12)13-8-6-4-3-5-7-10/h2,13H,1,3-8,10-12H2. The van der Waals surface area contributed by atoms with Gasteiger partial charge in [0.1, 0.15) is 5.79 Å². The van der Waals surface area contributed by atoms with E-state index in [2.05, 4.69) is 11.9 Å². The molecule has 0 fully saturated rings. The lowest BCUT2D eigenvalue weighted by atomic mass is 10.2. The predicted octanol–water partition coefficient (Wildman–Crippen LogP) is -0.148. The molecule has 0 spiro atoms. The van der Waals surface area contributed by atoms with Crippen LogP contribution in [0.4, 0.5) is 0 Å². The van der Waals surface area contributed by atoms with Gasteiger partial charge in [-0.2, -0.15) is 0 Å². The summed E-state index contributed by atoms with van der Waals surface area (Å²) in [4.78, 5) is 0. The average molecular weight is 186 g/mol. The highest BCUT2D eigenvalue weighted by Gasteiger charge is 2.10. The van der Waals surface area contributed by atoms with E-state index >= 15 is 0 Å². The van der Waals surface area contributed by atoms with Gasteiger partial charge in [0.15, 0.2) is 0 Å². The highest BCUT2D eigenvalue weighted by molar-refractivity contribution is 4.92. The number of nitrogens with one attached hydrogen (secondary N) is 1. The van der Waals surface area contributed by atoms with E-state index in [1.54, 1.807) is 0 Å². The normalized spacial score (nSPS) is 11.6. The van der Waals surface area contributed by atoms with Gasteiger partial charge in [-0.15, -0.1) is 0 Å². The second kappa shape index (κ2) is 7.03. The van der Waals surface area contributed by atoms with Crippen LogP contribution in [0.3, 0.4) is 0 Å². The van der Waals surface area contributed by atoms with Crippen molar-refractivity contribution in [2.45, 2.75) is 31.5 Å². The first-order valence-corrected chi connectivity index (χ1v) is 4.79. The summed E-state index contributed by atoms with van der Waals surface area (Å²) >= 11 is 0. The summed E-state index contributed by atoms with van der Waals surface area (Å²) in [5, 5.41) is 2.99. The van der Waals surface area contributed by atoms with Crippen molar-refractivity contribution in [2.75, 3.05) is 13.1 Å². The third kappa shape index (κ3) is 7.93. The van der Waals surface area contributed by atoms with Crippen LogP contribution in [0.1, 0.15) is 25.7 Å². The fourth-order valence-corrected chi connectivity index (χ4v) is 1.000. The lowest BCUT2D eigenvalue weighted by Gasteiger charge is -2.21. The molecule has 0 radical (unpaired) electrons. The van der Waals surface area contributed by atoms with Gasteiger partial charge in [0, 0.05) is 0 Å². The molecule has 0 aliphatic carbocycles.